The third-order valence-corrected chi connectivity index (χ3v) is 7.54. The zero-order chi connectivity index (χ0) is 19.1. The molecule has 150 valence electrons. The van der Waals surface area contributed by atoms with Gasteiger partial charge in [0.2, 0.25) is 5.91 Å². The van der Waals surface area contributed by atoms with Gasteiger partial charge in [-0.05, 0) is 56.4 Å². The van der Waals surface area contributed by atoms with Crippen molar-refractivity contribution in [2.24, 2.45) is 17.8 Å². The molecule has 1 amide bonds. The molecule has 0 aromatic carbocycles. The minimum Gasteiger partial charge on any atom is -0.391 e. The van der Waals surface area contributed by atoms with E-state index in [1.54, 1.807) is 0 Å². The second kappa shape index (κ2) is 7.69. The highest BCUT2D eigenvalue weighted by molar-refractivity contribution is 7.88. The van der Waals surface area contributed by atoms with Gasteiger partial charge in [0.1, 0.15) is 6.17 Å². The number of amides is 1. The Bertz CT molecular complexity index is 629. The predicted octanol–water partition coefficient (Wildman–Crippen LogP) is 0.555. The van der Waals surface area contributed by atoms with E-state index < -0.39 is 41.0 Å². The number of nitrogens with zero attached hydrogens (tertiary/aromatic N) is 1. The Kier molecular flexibility index (Phi) is 5.91. The number of aliphatic hydroxyl groups excluding tert-OH is 1. The summed E-state index contributed by atoms with van der Waals surface area (Å²) in [7, 11) is -4.06. The SMILES string of the molecule is CC(C)CCNC1CCC2CC(O)C(N3CC(=O)NS3(=O)=O)C(F)C2C1. The van der Waals surface area contributed by atoms with E-state index in [4.69, 9.17) is 0 Å². The first-order chi connectivity index (χ1) is 12.2. The lowest BCUT2D eigenvalue weighted by Crippen LogP contribution is -2.59. The molecule has 9 heteroatoms. The van der Waals surface area contributed by atoms with Crippen molar-refractivity contribution in [2.45, 2.75) is 70.3 Å². The summed E-state index contributed by atoms with van der Waals surface area (Å²) < 4.78 is 42.2. The first-order valence-corrected chi connectivity index (χ1v) is 11.0. The van der Waals surface area contributed by atoms with Gasteiger partial charge in [-0.2, -0.15) is 12.7 Å². The summed E-state index contributed by atoms with van der Waals surface area (Å²) in [5, 5.41) is 13.9. The molecular formula is C17H30FN3O4S. The highest BCUT2D eigenvalue weighted by atomic mass is 32.2. The largest absolute Gasteiger partial charge is 0.391 e. The summed E-state index contributed by atoms with van der Waals surface area (Å²) in [5.41, 5.74) is 0. The molecule has 3 N–H and O–H groups in total. The molecule has 1 saturated heterocycles. The van der Waals surface area contributed by atoms with Crippen LogP contribution >= 0.6 is 0 Å². The Hall–Kier alpha value is -0.770. The fourth-order valence-corrected chi connectivity index (χ4v) is 6.04. The molecule has 0 aromatic rings. The van der Waals surface area contributed by atoms with Crippen molar-refractivity contribution in [2.75, 3.05) is 13.1 Å². The van der Waals surface area contributed by atoms with E-state index in [2.05, 4.69) is 19.2 Å². The van der Waals surface area contributed by atoms with Crippen LogP contribution in [0.4, 0.5) is 4.39 Å². The Labute approximate surface area is 154 Å². The maximum atomic E-state index is 15.3. The van der Waals surface area contributed by atoms with Crippen molar-refractivity contribution >= 4 is 16.1 Å². The Morgan fingerprint density at radius 3 is 2.69 bits per heavy atom. The van der Waals surface area contributed by atoms with Gasteiger partial charge >= 0.3 is 10.2 Å². The Morgan fingerprint density at radius 1 is 1.35 bits per heavy atom. The summed E-state index contributed by atoms with van der Waals surface area (Å²) in [6.07, 6.45) is 1.31. The van der Waals surface area contributed by atoms with E-state index in [1.165, 1.54) is 0 Å². The van der Waals surface area contributed by atoms with Crippen LogP contribution in [-0.4, -0.2) is 61.2 Å². The lowest BCUT2D eigenvalue weighted by atomic mass is 9.66. The average molecular weight is 392 g/mol. The molecule has 6 atom stereocenters. The molecule has 1 heterocycles. The van der Waals surface area contributed by atoms with Crippen LogP contribution in [0.5, 0.6) is 0 Å². The Balaban J connectivity index is 1.69. The van der Waals surface area contributed by atoms with Gasteiger partial charge in [-0.3, -0.25) is 4.79 Å². The first kappa shape index (κ1) is 20.0. The number of nitrogens with one attached hydrogen (secondary N) is 2. The number of fused-ring (bicyclic) bond motifs is 1. The number of carbonyl (C=O) groups excluding carboxylic acids is 1. The summed E-state index contributed by atoms with van der Waals surface area (Å²) in [6, 6.07) is -0.964. The molecule has 0 radical (unpaired) electrons. The van der Waals surface area contributed by atoms with Crippen LogP contribution in [0.3, 0.4) is 0 Å². The van der Waals surface area contributed by atoms with Crippen molar-refractivity contribution in [3.8, 4) is 0 Å². The topological polar surface area (TPSA) is 98.7 Å². The van der Waals surface area contributed by atoms with Gasteiger partial charge < -0.3 is 10.4 Å². The standard InChI is InChI=1S/C17H30FN3O4S/c1-10(2)5-6-19-12-4-3-11-7-14(22)17(16(18)13(11)8-12)21-9-15(23)20-26(21,24)25/h10-14,16-17,19,22H,3-9H2,1-2H3,(H,20,23). The van der Waals surface area contributed by atoms with Crippen molar-refractivity contribution < 1.29 is 22.7 Å². The molecule has 7 nitrogen and oxygen atoms in total. The Morgan fingerprint density at radius 2 is 2.08 bits per heavy atom. The fraction of sp³-hybridized carbons (Fsp3) is 0.941. The number of carbonyl (C=O) groups is 1. The van der Waals surface area contributed by atoms with Gasteiger partial charge in [-0.25, -0.2) is 9.11 Å². The normalized spacial score (nSPS) is 40.4. The highest BCUT2D eigenvalue weighted by Gasteiger charge is 2.53. The average Bonchev–Trinajstić information content (AvgIpc) is 2.80. The van der Waals surface area contributed by atoms with E-state index in [0.29, 0.717) is 18.8 Å². The third kappa shape index (κ3) is 4.05. The van der Waals surface area contributed by atoms with E-state index in [0.717, 1.165) is 30.1 Å². The van der Waals surface area contributed by atoms with Gasteiger partial charge in [0, 0.05) is 6.04 Å². The molecular weight excluding hydrogens is 361 g/mol. The number of aliphatic hydroxyl groups is 1. The van der Waals surface area contributed by atoms with Crippen molar-refractivity contribution in [1.29, 1.82) is 0 Å². The molecule has 3 aliphatic rings. The fourth-order valence-electron chi connectivity index (χ4n) is 4.71. The van der Waals surface area contributed by atoms with Gasteiger partial charge in [0.05, 0.1) is 18.7 Å². The zero-order valence-corrected chi connectivity index (χ0v) is 16.2. The summed E-state index contributed by atoms with van der Waals surface area (Å²) in [4.78, 5) is 11.5. The van der Waals surface area contributed by atoms with Gasteiger partial charge in [0.15, 0.2) is 0 Å². The second-order valence-electron chi connectivity index (χ2n) is 8.38. The number of rotatable bonds is 5. The number of hydrogen-bond donors (Lipinski definition) is 3. The maximum absolute atomic E-state index is 15.3. The first-order valence-electron chi connectivity index (χ1n) is 9.57. The molecule has 3 fully saturated rings. The molecule has 2 saturated carbocycles. The van der Waals surface area contributed by atoms with E-state index in [-0.39, 0.29) is 17.9 Å². The number of halogens is 1. The van der Waals surface area contributed by atoms with Gasteiger partial charge in [-0.15, -0.1) is 0 Å². The molecule has 2 aliphatic carbocycles. The predicted molar refractivity (Wildman–Crippen MR) is 95.2 cm³/mol. The van der Waals surface area contributed by atoms with Gasteiger partial charge in [0.25, 0.3) is 0 Å². The van der Waals surface area contributed by atoms with E-state index >= 15 is 4.39 Å². The number of alkyl halides is 1. The minimum atomic E-state index is -4.06. The van der Waals surface area contributed by atoms with Crippen LogP contribution < -0.4 is 10.0 Å². The number of hydrogen-bond acceptors (Lipinski definition) is 5. The van der Waals surface area contributed by atoms with Crippen LogP contribution in [0, 0.1) is 17.8 Å². The molecule has 0 bridgehead atoms. The minimum absolute atomic E-state index is 0.0633. The van der Waals surface area contributed by atoms with Crippen LogP contribution in [0.25, 0.3) is 0 Å². The lowest BCUT2D eigenvalue weighted by molar-refractivity contribution is -0.119. The van der Waals surface area contributed by atoms with Gasteiger partial charge in [-0.1, -0.05) is 13.8 Å². The molecule has 1 aliphatic heterocycles. The summed E-state index contributed by atoms with van der Waals surface area (Å²) >= 11 is 0. The van der Waals surface area contributed by atoms with Crippen molar-refractivity contribution in [1.82, 2.24) is 14.3 Å². The third-order valence-electron chi connectivity index (χ3n) is 6.06. The highest BCUT2D eigenvalue weighted by Crippen LogP contribution is 2.44. The van der Waals surface area contributed by atoms with Crippen molar-refractivity contribution in [3.05, 3.63) is 0 Å². The molecule has 26 heavy (non-hydrogen) atoms. The van der Waals surface area contributed by atoms with Crippen LogP contribution in [0.2, 0.25) is 0 Å². The molecule has 3 rings (SSSR count). The van der Waals surface area contributed by atoms with Crippen LogP contribution in [-0.2, 0) is 15.0 Å². The van der Waals surface area contributed by atoms with Crippen LogP contribution in [0.1, 0.15) is 46.0 Å². The van der Waals surface area contributed by atoms with Crippen LogP contribution in [0.15, 0.2) is 0 Å². The quantitative estimate of drug-likeness (QED) is 0.636. The molecule has 0 spiro atoms. The summed E-state index contributed by atoms with van der Waals surface area (Å²) in [6.45, 7) is 4.80. The smallest absolute Gasteiger partial charge is 0.304 e. The molecule has 6 unspecified atom stereocenters. The van der Waals surface area contributed by atoms with Crippen molar-refractivity contribution in [3.63, 3.8) is 0 Å². The summed E-state index contributed by atoms with van der Waals surface area (Å²) in [5.74, 6) is -0.302. The zero-order valence-electron chi connectivity index (χ0n) is 15.4. The monoisotopic (exact) mass is 391 g/mol. The van der Waals surface area contributed by atoms with E-state index in [1.807, 2.05) is 4.72 Å². The molecule has 0 aromatic heterocycles. The van der Waals surface area contributed by atoms with E-state index in [9.17, 15) is 18.3 Å². The second-order valence-corrected chi connectivity index (χ2v) is 10.0. The lowest BCUT2D eigenvalue weighted by Gasteiger charge is -2.48. The maximum Gasteiger partial charge on any atom is 0.304 e.